The van der Waals surface area contributed by atoms with Gasteiger partial charge < -0.3 is 15.8 Å². The topological polar surface area (TPSA) is 114 Å². The highest BCUT2D eigenvalue weighted by Crippen LogP contribution is 2.38. The molecular weight excluding hydrogens is 468 g/mol. The van der Waals surface area contributed by atoms with Crippen molar-refractivity contribution in [1.82, 2.24) is 20.1 Å². The second-order valence-electron chi connectivity index (χ2n) is 9.34. The van der Waals surface area contributed by atoms with Gasteiger partial charge in [0.05, 0.1) is 11.6 Å². The standard InChI is InChI=1S/C24H38N6O2S2/c1-8-23(4,5)17-11-12-19(18(15-17)24(6,7)9-2)32-14-10-13-26-20(31)28-29-21-27-22(30-34-21)33-16(3)25/h11-12,15H,3,8-10,13-14,25H2,1-2,4-7H3,(H2,26,28,31)(H,27,29,30). The van der Waals surface area contributed by atoms with Crippen LogP contribution in [0.4, 0.5) is 9.93 Å². The number of thioether (sulfide) groups is 1. The Kier molecular flexibility index (Phi) is 10.1. The Morgan fingerprint density at radius 1 is 1.21 bits per heavy atom. The molecule has 0 spiro atoms. The van der Waals surface area contributed by atoms with Gasteiger partial charge in [-0.15, -0.1) is 0 Å². The van der Waals surface area contributed by atoms with Crippen LogP contribution in [-0.4, -0.2) is 28.5 Å². The maximum absolute atomic E-state index is 12.0. The third-order valence-electron chi connectivity index (χ3n) is 6.03. The quantitative estimate of drug-likeness (QED) is 0.160. The molecule has 1 aromatic heterocycles. The number of urea groups is 1. The summed E-state index contributed by atoms with van der Waals surface area (Å²) in [4.78, 5) is 16.2. The minimum absolute atomic E-state index is 0.0133. The fourth-order valence-corrected chi connectivity index (χ4v) is 4.15. The zero-order valence-corrected chi connectivity index (χ0v) is 22.7. The van der Waals surface area contributed by atoms with E-state index in [-0.39, 0.29) is 16.9 Å². The molecular formula is C24H38N6O2S2. The number of hydrazine groups is 1. The number of carbonyl (C=O) groups excluding carboxylic acids is 1. The number of carbonyl (C=O) groups is 1. The van der Waals surface area contributed by atoms with E-state index in [0.29, 0.717) is 34.9 Å². The molecule has 0 saturated carbocycles. The summed E-state index contributed by atoms with van der Waals surface area (Å²) in [5.41, 5.74) is 13.5. The fraction of sp³-hybridized carbons (Fsp3) is 0.542. The molecule has 0 aliphatic heterocycles. The highest BCUT2D eigenvalue weighted by molar-refractivity contribution is 8.02. The minimum Gasteiger partial charge on any atom is -0.493 e. The van der Waals surface area contributed by atoms with E-state index in [1.807, 2.05) is 0 Å². The molecule has 0 aliphatic rings. The molecule has 5 N–H and O–H groups in total. The van der Waals surface area contributed by atoms with Crippen LogP contribution in [0.25, 0.3) is 0 Å². The number of amides is 2. The Labute approximate surface area is 211 Å². The molecule has 8 nitrogen and oxygen atoms in total. The molecule has 0 fully saturated rings. The predicted octanol–water partition coefficient (Wildman–Crippen LogP) is 5.53. The van der Waals surface area contributed by atoms with Gasteiger partial charge >= 0.3 is 6.03 Å². The zero-order chi connectivity index (χ0) is 25.4. The van der Waals surface area contributed by atoms with Gasteiger partial charge in [0.1, 0.15) is 5.75 Å². The van der Waals surface area contributed by atoms with Crippen molar-refractivity contribution >= 4 is 34.5 Å². The normalized spacial score (nSPS) is 11.7. The fourth-order valence-electron chi connectivity index (χ4n) is 3.03. The molecule has 0 saturated heterocycles. The first-order valence-corrected chi connectivity index (χ1v) is 13.1. The Bertz CT molecular complexity index is 974. The van der Waals surface area contributed by atoms with E-state index in [2.05, 4.69) is 91.8 Å². The summed E-state index contributed by atoms with van der Waals surface area (Å²) in [5.74, 6) is 0.915. The maximum atomic E-state index is 12.0. The Balaban J connectivity index is 1.83. The lowest BCUT2D eigenvalue weighted by Crippen LogP contribution is -2.39. The van der Waals surface area contributed by atoms with Gasteiger partial charge in [-0.1, -0.05) is 60.3 Å². The molecule has 0 atom stereocenters. The number of hydrogen-bond acceptors (Lipinski definition) is 8. The highest BCUT2D eigenvalue weighted by Gasteiger charge is 2.26. The molecule has 0 radical (unpaired) electrons. The number of rotatable bonds is 13. The van der Waals surface area contributed by atoms with Crippen molar-refractivity contribution < 1.29 is 9.53 Å². The number of aromatic nitrogens is 2. The number of anilines is 1. The Morgan fingerprint density at radius 2 is 1.91 bits per heavy atom. The first kappa shape index (κ1) is 27.8. The van der Waals surface area contributed by atoms with Crippen LogP contribution in [0, 0.1) is 0 Å². The summed E-state index contributed by atoms with van der Waals surface area (Å²) in [5, 5.41) is 4.15. The van der Waals surface area contributed by atoms with E-state index in [0.717, 1.165) is 30.1 Å². The van der Waals surface area contributed by atoms with E-state index >= 15 is 0 Å². The molecule has 2 aromatic rings. The Morgan fingerprint density at radius 3 is 2.56 bits per heavy atom. The SMILES string of the molecule is C=C(N)Sc1nsc(NNC(=O)NCCCOc2ccc(C(C)(C)CC)cc2C(C)(C)CC)n1. The van der Waals surface area contributed by atoms with Gasteiger partial charge in [-0.05, 0) is 53.5 Å². The van der Waals surface area contributed by atoms with E-state index < -0.39 is 0 Å². The third kappa shape index (κ3) is 8.09. The summed E-state index contributed by atoms with van der Waals surface area (Å²) in [6.45, 7) is 18.1. The van der Waals surface area contributed by atoms with Crippen molar-refractivity contribution in [1.29, 1.82) is 0 Å². The van der Waals surface area contributed by atoms with Crippen LogP contribution in [0.3, 0.4) is 0 Å². The maximum Gasteiger partial charge on any atom is 0.333 e. The van der Waals surface area contributed by atoms with Crippen molar-refractivity contribution in [3.8, 4) is 5.75 Å². The molecule has 1 heterocycles. The second-order valence-corrected chi connectivity index (χ2v) is 11.2. The monoisotopic (exact) mass is 506 g/mol. The van der Waals surface area contributed by atoms with Crippen LogP contribution in [-0.2, 0) is 10.8 Å². The number of nitrogens with two attached hydrogens (primary N) is 1. The van der Waals surface area contributed by atoms with Crippen LogP contribution in [0.15, 0.2) is 35.0 Å². The average Bonchev–Trinajstić information content (AvgIpc) is 3.23. The van der Waals surface area contributed by atoms with Gasteiger partial charge in [0.2, 0.25) is 10.3 Å². The number of ether oxygens (including phenoxy) is 1. The lowest BCUT2D eigenvalue weighted by atomic mass is 9.76. The lowest BCUT2D eigenvalue weighted by Gasteiger charge is -2.30. The molecule has 2 rings (SSSR count). The summed E-state index contributed by atoms with van der Waals surface area (Å²) in [6, 6.07) is 6.22. The van der Waals surface area contributed by atoms with Crippen LogP contribution in [0.5, 0.6) is 5.75 Å². The summed E-state index contributed by atoms with van der Waals surface area (Å²) in [7, 11) is 0. The van der Waals surface area contributed by atoms with E-state index in [1.165, 1.54) is 22.9 Å². The van der Waals surface area contributed by atoms with Crippen LogP contribution < -0.4 is 26.6 Å². The highest BCUT2D eigenvalue weighted by atomic mass is 32.2. The smallest absolute Gasteiger partial charge is 0.333 e. The van der Waals surface area contributed by atoms with E-state index in [4.69, 9.17) is 10.5 Å². The number of benzene rings is 1. The van der Waals surface area contributed by atoms with E-state index in [1.54, 1.807) is 0 Å². The summed E-state index contributed by atoms with van der Waals surface area (Å²) in [6.07, 6.45) is 2.77. The van der Waals surface area contributed by atoms with Crippen molar-refractivity contribution in [2.24, 2.45) is 5.73 Å². The van der Waals surface area contributed by atoms with Crippen molar-refractivity contribution in [2.75, 3.05) is 18.6 Å². The molecule has 0 unspecified atom stereocenters. The first-order valence-electron chi connectivity index (χ1n) is 11.5. The van der Waals surface area contributed by atoms with Gasteiger partial charge in [0.25, 0.3) is 0 Å². The van der Waals surface area contributed by atoms with Gasteiger partial charge in [-0.3, -0.25) is 5.43 Å². The molecule has 2 amide bonds. The van der Waals surface area contributed by atoms with Gasteiger partial charge in [0.15, 0.2) is 0 Å². The van der Waals surface area contributed by atoms with Gasteiger partial charge in [-0.25, -0.2) is 10.2 Å². The third-order valence-corrected chi connectivity index (χ3v) is 7.41. The molecule has 188 valence electrons. The van der Waals surface area contributed by atoms with Crippen molar-refractivity contribution in [3.05, 3.63) is 40.9 Å². The van der Waals surface area contributed by atoms with Gasteiger partial charge in [-0.2, -0.15) is 9.36 Å². The van der Waals surface area contributed by atoms with Crippen molar-refractivity contribution in [3.63, 3.8) is 0 Å². The molecule has 0 bridgehead atoms. The lowest BCUT2D eigenvalue weighted by molar-refractivity contribution is 0.240. The summed E-state index contributed by atoms with van der Waals surface area (Å²) >= 11 is 2.29. The molecule has 1 aromatic carbocycles. The zero-order valence-electron chi connectivity index (χ0n) is 21.1. The summed E-state index contributed by atoms with van der Waals surface area (Å²) < 4.78 is 10.3. The molecule has 0 aliphatic carbocycles. The largest absolute Gasteiger partial charge is 0.493 e. The van der Waals surface area contributed by atoms with Crippen LogP contribution in [0.1, 0.15) is 71.9 Å². The number of nitrogens with zero attached hydrogens (tertiary/aromatic N) is 2. The van der Waals surface area contributed by atoms with Crippen LogP contribution in [0.2, 0.25) is 0 Å². The Hall–Kier alpha value is -2.46. The van der Waals surface area contributed by atoms with E-state index in [9.17, 15) is 4.79 Å². The average molecular weight is 507 g/mol. The van der Waals surface area contributed by atoms with Gasteiger partial charge in [0, 0.05) is 23.6 Å². The second kappa shape index (κ2) is 12.3. The molecule has 34 heavy (non-hydrogen) atoms. The minimum atomic E-state index is -0.355. The van der Waals surface area contributed by atoms with Crippen molar-refractivity contribution in [2.45, 2.75) is 76.8 Å². The predicted molar refractivity (Wildman–Crippen MR) is 142 cm³/mol. The first-order chi connectivity index (χ1) is 16.0. The number of hydrogen-bond donors (Lipinski definition) is 4. The van der Waals surface area contributed by atoms with Crippen LogP contribution >= 0.6 is 23.3 Å². The number of nitrogens with one attached hydrogen (secondary N) is 3. The molecule has 10 heteroatoms.